The zero-order valence-electron chi connectivity index (χ0n) is 26.4. The number of hydrogen-bond acceptors (Lipinski definition) is 8. The predicted octanol–water partition coefficient (Wildman–Crippen LogP) is 5.90. The molecule has 2 aromatic rings. The summed E-state index contributed by atoms with van der Waals surface area (Å²) in [7, 11) is 0. The zero-order chi connectivity index (χ0) is 31.7. The van der Waals surface area contributed by atoms with E-state index in [1.807, 2.05) is 61.5 Å². The van der Waals surface area contributed by atoms with Gasteiger partial charge in [0.1, 0.15) is 18.1 Å². The van der Waals surface area contributed by atoms with Gasteiger partial charge in [-0.15, -0.1) is 0 Å². The lowest BCUT2D eigenvalue weighted by atomic mass is 9.46. The number of aliphatic hydroxyl groups excluding tert-OH is 2. The molecule has 1 aliphatic heterocycles. The Labute approximate surface area is 264 Å². The summed E-state index contributed by atoms with van der Waals surface area (Å²) in [5.74, 6) is 1.07. The van der Waals surface area contributed by atoms with E-state index in [4.69, 9.17) is 14.2 Å². The van der Waals surface area contributed by atoms with Gasteiger partial charge in [0.25, 0.3) is 0 Å². The third kappa shape index (κ3) is 4.63. The minimum atomic E-state index is -1.38. The van der Waals surface area contributed by atoms with Gasteiger partial charge >= 0.3 is 0 Å². The molecular formula is C37H43NO7. The summed E-state index contributed by atoms with van der Waals surface area (Å²) in [4.78, 5) is 25.9. The molecule has 0 unspecified atom stereocenters. The molecule has 0 radical (unpaired) electrons. The van der Waals surface area contributed by atoms with Gasteiger partial charge in [-0.05, 0) is 99.9 Å². The molecule has 1 heterocycles. The molecule has 4 fully saturated rings. The van der Waals surface area contributed by atoms with Gasteiger partial charge in [-0.1, -0.05) is 37.6 Å². The number of fused-ring (bicyclic) bond motifs is 7. The lowest BCUT2D eigenvalue weighted by Gasteiger charge is -2.59. The molecule has 45 heavy (non-hydrogen) atoms. The Hall–Kier alpha value is -3.30. The number of benzene rings is 2. The molecule has 0 amide bonds. The Morgan fingerprint density at radius 2 is 1.78 bits per heavy atom. The summed E-state index contributed by atoms with van der Waals surface area (Å²) in [5, 5.41) is 25.4. The molecule has 3 N–H and O–H groups in total. The maximum absolute atomic E-state index is 13.8. The van der Waals surface area contributed by atoms with Crippen LogP contribution in [0.25, 0.3) is 0 Å². The Kier molecular flexibility index (Phi) is 7.36. The molecule has 0 aromatic heterocycles. The Morgan fingerprint density at radius 1 is 1.09 bits per heavy atom. The highest BCUT2D eigenvalue weighted by Gasteiger charge is 2.75. The van der Waals surface area contributed by atoms with Crippen LogP contribution >= 0.6 is 0 Å². The Bertz CT molecular complexity index is 1550. The van der Waals surface area contributed by atoms with Gasteiger partial charge in [0.2, 0.25) is 0 Å². The standard InChI is InChI=1S/C37H43NO7/c1-21(2)38-24-8-12-27(13-9-24)43-26-10-5-22(6-11-26)34-44-32-18-29-28-14-7-23-17-25(40)15-16-35(23,3)33(28)30(41)19-36(29,4)37(32,45-34)31(42)20-39/h5-6,8-13,15-17,21,28-30,32-34,38-39,41H,7,14,18-20H2,1-4H3/t28-,29-,30-,32+,33+,34+,35-,36-,37+/m0/s1. The summed E-state index contributed by atoms with van der Waals surface area (Å²) in [6.07, 6.45) is 5.84. The van der Waals surface area contributed by atoms with E-state index in [1.54, 1.807) is 12.2 Å². The summed E-state index contributed by atoms with van der Waals surface area (Å²) in [6.45, 7) is 7.70. The average molecular weight is 614 g/mol. The van der Waals surface area contributed by atoms with Crippen molar-refractivity contribution in [1.29, 1.82) is 0 Å². The first-order valence-electron chi connectivity index (χ1n) is 16.2. The van der Waals surface area contributed by atoms with Crippen LogP contribution in [0, 0.1) is 28.6 Å². The number of rotatable bonds is 7. The van der Waals surface area contributed by atoms with Crippen LogP contribution in [0.5, 0.6) is 11.5 Å². The second kappa shape index (κ2) is 10.9. The van der Waals surface area contributed by atoms with Crippen LogP contribution in [0.3, 0.4) is 0 Å². The van der Waals surface area contributed by atoms with E-state index in [0.717, 1.165) is 35.4 Å². The number of carbonyl (C=O) groups is 2. The number of Topliss-reactive ketones (excluding diaryl/α,β-unsaturated/α-hetero) is 1. The zero-order valence-corrected chi connectivity index (χ0v) is 26.4. The van der Waals surface area contributed by atoms with Gasteiger partial charge < -0.3 is 29.7 Å². The van der Waals surface area contributed by atoms with Gasteiger partial charge in [-0.25, -0.2) is 0 Å². The molecule has 3 saturated carbocycles. The Morgan fingerprint density at radius 3 is 2.44 bits per heavy atom. The molecule has 0 spiro atoms. The lowest BCUT2D eigenvalue weighted by Crippen LogP contribution is -2.63. The number of allylic oxidation sites excluding steroid dienone is 4. The molecule has 5 aliphatic rings. The van der Waals surface area contributed by atoms with E-state index in [0.29, 0.717) is 24.6 Å². The minimum Gasteiger partial charge on any atom is -0.457 e. The predicted molar refractivity (Wildman–Crippen MR) is 169 cm³/mol. The average Bonchev–Trinajstić information content (AvgIpc) is 3.51. The first-order valence-corrected chi connectivity index (χ1v) is 16.2. The normalized spacial score (nSPS) is 38.2. The van der Waals surface area contributed by atoms with Crippen LogP contribution in [0.1, 0.15) is 65.2 Å². The third-order valence-electron chi connectivity index (χ3n) is 11.5. The van der Waals surface area contributed by atoms with Crippen molar-refractivity contribution in [2.75, 3.05) is 11.9 Å². The molecule has 0 bridgehead atoms. The smallest absolute Gasteiger partial charge is 0.193 e. The highest BCUT2D eigenvalue weighted by Crippen LogP contribution is 2.70. The number of carbonyl (C=O) groups excluding carboxylic acids is 2. The van der Waals surface area contributed by atoms with Gasteiger partial charge in [0.05, 0.1) is 12.2 Å². The fourth-order valence-electron chi connectivity index (χ4n) is 9.62. The van der Waals surface area contributed by atoms with Crippen LogP contribution in [-0.2, 0) is 19.1 Å². The van der Waals surface area contributed by atoms with Gasteiger partial charge in [0, 0.05) is 34.0 Å². The van der Waals surface area contributed by atoms with Crippen molar-refractivity contribution >= 4 is 17.3 Å². The van der Waals surface area contributed by atoms with E-state index in [-0.39, 0.29) is 23.5 Å². The summed E-state index contributed by atoms with van der Waals surface area (Å²) < 4.78 is 19.3. The number of nitrogens with one attached hydrogen (secondary N) is 1. The van der Waals surface area contributed by atoms with E-state index in [2.05, 4.69) is 26.1 Å². The van der Waals surface area contributed by atoms with Gasteiger partial charge in [0.15, 0.2) is 23.5 Å². The lowest BCUT2D eigenvalue weighted by molar-refractivity contribution is -0.201. The molecule has 1 saturated heterocycles. The molecule has 4 aliphatic carbocycles. The van der Waals surface area contributed by atoms with Crippen LogP contribution in [0.4, 0.5) is 5.69 Å². The summed E-state index contributed by atoms with van der Waals surface area (Å²) >= 11 is 0. The Balaban J connectivity index is 1.13. The molecule has 9 atom stereocenters. The topological polar surface area (TPSA) is 114 Å². The van der Waals surface area contributed by atoms with Crippen molar-refractivity contribution in [1.82, 2.24) is 0 Å². The fourth-order valence-corrected chi connectivity index (χ4v) is 9.62. The molecule has 2 aromatic carbocycles. The number of hydrogen-bond donors (Lipinski definition) is 3. The number of anilines is 1. The van der Waals surface area contributed by atoms with Gasteiger partial charge in [-0.3, -0.25) is 9.59 Å². The maximum atomic E-state index is 13.8. The fraction of sp³-hybridized carbons (Fsp3) is 0.514. The molecule has 238 valence electrons. The van der Waals surface area contributed by atoms with E-state index < -0.39 is 47.3 Å². The largest absolute Gasteiger partial charge is 0.457 e. The van der Waals surface area contributed by atoms with Gasteiger partial charge in [-0.2, -0.15) is 0 Å². The maximum Gasteiger partial charge on any atom is 0.193 e. The van der Waals surface area contributed by atoms with Crippen molar-refractivity contribution in [3.8, 4) is 11.5 Å². The second-order valence-electron chi connectivity index (χ2n) is 14.3. The third-order valence-corrected chi connectivity index (χ3v) is 11.5. The number of ketones is 2. The second-order valence-corrected chi connectivity index (χ2v) is 14.3. The molecular weight excluding hydrogens is 570 g/mol. The van der Waals surface area contributed by atoms with Crippen molar-refractivity contribution < 1.29 is 34.0 Å². The minimum absolute atomic E-state index is 0.000277. The van der Waals surface area contributed by atoms with Crippen LogP contribution < -0.4 is 10.1 Å². The highest BCUT2D eigenvalue weighted by molar-refractivity contribution is 6.01. The quantitative estimate of drug-likeness (QED) is 0.354. The monoisotopic (exact) mass is 613 g/mol. The van der Waals surface area contributed by atoms with Crippen LogP contribution in [0.15, 0.2) is 72.3 Å². The van der Waals surface area contributed by atoms with Crippen molar-refractivity contribution in [3.05, 3.63) is 77.9 Å². The van der Waals surface area contributed by atoms with E-state index >= 15 is 0 Å². The first-order chi connectivity index (χ1) is 21.5. The molecule has 8 heteroatoms. The molecule has 7 rings (SSSR count). The van der Waals surface area contributed by atoms with Crippen LogP contribution in [0.2, 0.25) is 0 Å². The van der Waals surface area contributed by atoms with Crippen molar-refractivity contribution in [2.24, 2.45) is 28.6 Å². The molecule has 8 nitrogen and oxygen atoms in total. The van der Waals surface area contributed by atoms with Crippen LogP contribution in [-0.4, -0.2) is 52.2 Å². The highest BCUT2D eigenvalue weighted by atomic mass is 16.7. The number of ether oxygens (including phenoxy) is 3. The first kappa shape index (κ1) is 30.4. The van der Waals surface area contributed by atoms with E-state index in [1.165, 1.54) is 0 Å². The van der Waals surface area contributed by atoms with E-state index in [9.17, 15) is 19.8 Å². The summed E-state index contributed by atoms with van der Waals surface area (Å²) in [6, 6.07) is 15.6. The summed E-state index contributed by atoms with van der Waals surface area (Å²) in [5.41, 5.74) is 0.337. The number of aliphatic hydroxyl groups is 2. The SMILES string of the molecule is CC(C)Nc1ccc(Oc2ccc([C@@H]3O[C@@H]4C[C@H]5[C@@H]6CCC7=CC(=O)C=C[C@]7(C)[C@H]6[C@@H](O)C[C@]5(C)[C@]4(C(=O)CO)O3)cc2)cc1. The van der Waals surface area contributed by atoms with Crippen molar-refractivity contribution in [3.63, 3.8) is 0 Å². The van der Waals surface area contributed by atoms with Crippen molar-refractivity contribution in [2.45, 2.75) is 83.5 Å².